The normalized spacial score (nSPS) is 10.5. The minimum atomic E-state index is -3.12. The number of nitrogens with one attached hydrogen (secondary N) is 2. The average Bonchev–Trinajstić information content (AvgIpc) is 2.14. The molecule has 0 heterocycles. The molecule has 7 heteroatoms. The van der Waals surface area contributed by atoms with Gasteiger partial charge in [-0.2, -0.15) is 0 Å². The smallest absolute Gasteiger partial charge is 0.175 e. The highest BCUT2D eigenvalue weighted by molar-refractivity contribution is 7.90. The van der Waals surface area contributed by atoms with Crippen molar-refractivity contribution in [3.05, 3.63) is 24.3 Å². The highest BCUT2D eigenvalue weighted by atomic mass is 35.5. The Morgan fingerprint density at radius 1 is 1.20 bits per heavy atom. The number of hydrogen-bond donors (Lipinski definition) is 2. The largest absolute Gasteiger partial charge is 0.299 e. The van der Waals surface area contributed by atoms with Crippen LogP contribution >= 0.6 is 12.4 Å². The summed E-state index contributed by atoms with van der Waals surface area (Å²) in [4.78, 5) is 4.86. The molecule has 15 heavy (non-hydrogen) atoms. The lowest BCUT2D eigenvalue weighted by molar-refractivity contribution is 0.111. The Hall–Kier alpha value is -0.820. The fraction of sp³-hybridized carbons (Fsp3) is 0.250. The fourth-order valence-corrected chi connectivity index (χ4v) is 1.53. The van der Waals surface area contributed by atoms with E-state index in [0.29, 0.717) is 4.90 Å². The Morgan fingerprint density at radius 3 is 2.13 bits per heavy atom. The molecule has 1 aromatic rings. The molecule has 0 radical (unpaired) electrons. The third kappa shape index (κ3) is 4.48. The molecule has 0 saturated carbocycles. The lowest BCUT2D eigenvalue weighted by Gasteiger charge is -2.05. The van der Waals surface area contributed by atoms with Crippen LogP contribution in [0.25, 0.3) is 0 Å². The standard InChI is InChI=1S/C8H12N2O3S.ClH/c1-13-10-9-7-3-5-8(6-4-7)14(2,11)12;/h3-6,9-10H,1-2H3;1H. The molecule has 0 aromatic heterocycles. The molecule has 0 unspecified atom stereocenters. The lowest BCUT2D eigenvalue weighted by Crippen LogP contribution is -2.19. The third-order valence-corrected chi connectivity index (χ3v) is 2.71. The van der Waals surface area contributed by atoms with Gasteiger partial charge in [0.1, 0.15) is 0 Å². The number of rotatable bonds is 4. The minimum absolute atomic E-state index is 0. The maximum absolute atomic E-state index is 11.1. The van der Waals surface area contributed by atoms with Gasteiger partial charge in [-0.3, -0.25) is 10.3 Å². The van der Waals surface area contributed by atoms with Crippen molar-refractivity contribution in [2.24, 2.45) is 0 Å². The highest BCUT2D eigenvalue weighted by Gasteiger charge is 2.05. The minimum Gasteiger partial charge on any atom is -0.299 e. The molecule has 0 saturated heterocycles. The van der Waals surface area contributed by atoms with Crippen LogP contribution in [0.2, 0.25) is 0 Å². The molecule has 5 nitrogen and oxygen atoms in total. The van der Waals surface area contributed by atoms with Gasteiger partial charge in [0.25, 0.3) is 0 Å². The fourth-order valence-electron chi connectivity index (χ4n) is 0.895. The lowest BCUT2D eigenvalue weighted by atomic mass is 10.3. The molecule has 0 amide bonds. The number of halogens is 1. The van der Waals surface area contributed by atoms with E-state index < -0.39 is 9.84 Å². The summed E-state index contributed by atoms with van der Waals surface area (Å²) < 4.78 is 22.2. The summed E-state index contributed by atoms with van der Waals surface area (Å²) in [6.45, 7) is 0. The second kappa shape index (κ2) is 5.92. The van der Waals surface area contributed by atoms with Gasteiger partial charge in [0, 0.05) is 6.26 Å². The number of benzene rings is 1. The number of hydrogen-bond acceptors (Lipinski definition) is 5. The first-order valence-corrected chi connectivity index (χ1v) is 5.77. The monoisotopic (exact) mass is 252 g/mol. The molecule has 0 spiro atoms. The molecular weight excluding hydrogens is 240 g/mol. The molecule has 1 rings (SSSR count). The van der Waals surface area contributed by atoms with E-state index in [0.717, 1.165) is 5.69 Å². The summed E-state index contributed by atoms with van der Waals surface area (Å²) in [6, 6.07) is 6.33. The molecule has 0 fully saturated rings. The molecule has 0 aliphatic heterocycles. The van der Waals surface area contributed by atoms with Crippen molar-refractivity contribution in [3.8, 4) is 0 Å². The van der Waals surface area contributed by atoms with Crippen LogP contribution in [-0.4, -0.2) is 21.8 Å². The van der Waals surface area contributed by atoms with Gasteiger partial charge in [-0.05, 0) is 24.3 Å². The Kier molecular flexibility index (Phi) is 5.59. The first-order chi connectivity index (χ1) is 6.54. The Labute approximate surface area is 95.1 Å². The van der Waals surface area contributed by atoms with Crippen LogP contribution in [0.15, 0.2) is 29.2 Å². The summed E-state index contributed by atoms with van der Waals surface area (Å²) in [5, 5.41) is 0. The summed E-state index contributed by atoms with van der Waals surface area (Å²) >= 11 is 0. The average molecular weight is 253 g/mol. The number of anilines is 1. The molecule has 0 aliphatic carbocycles. The molecule has 0 atom stereocenters. The van der Waals surface area contributed by atoms with E-state index in [-0.39, 0.29) is 12.4 Å². The van der Waals surface area contributed by atoms with Crippen molar-refractivity contribution >= 4 is 27.9 Å². The van der Waals surface area contributed by atoms with E-state index in [1.54, 1.807) is 12.1 Å². The van der Waals surface area contributed by atoms with Crippen molar-refractivity contribution in [3.63, 3.8) is 0 Å². The van der Waals surface area contributed by atoms with Crippen LogP contribution in [0.3, 0.4) is 0 Å². The Morgan fingerprint density at radius 2 is 1.73 bits per heavy atom. The van der Waals surface area contributed by atoms with Crippen LogP contribution in [0.5, 0.6) is 0 Å². The van der Waals surface area contributed by atoms with Gasteiger partial charge in [0.15, 0.2) is 9.84 Å². The van der Waals surface area contributed by atoms with Gasteiger partial charge in [-0.1, -0.05) is 0 Å². The van der Waals surface area contributed by atoms with Crippen molar-refractivity contribution in [1.29, 1.82) is 0 Å². The Balaban J connectivity index is 0.00000196. The Bertz CT molecular complexity index is 391. The van der Waals surface area contributed by atoms with Crippen molar-refractivity contribution in [2.75, 3.05) is 18.8 Å². The van der Waals surface area contributed by atoms with Crippen LogP contribution in [0.4, 0.5) is 5.69 Å². The summed E-state index contributed by atoms with van der Waals surface area (Å²) in [5.41, 5.74) is 5.85. The topological polar surface area (TPSA) is 67.4 Å². The van der Waals surface area contributed by atoms with Crippen molar-refractivity contribution < 1.29 is 13.3 Å². The third-order valence-electron chi connectivity index (χ3n) is 1.58. The summed E-state index contributed by atoms with van der Waals surface area (Å²) in [5.74, 6) is 0. The molecule has 1 aromatic carbocycles. The zero-order valence-corrected chi connectivity index (χ0v) is 9.98. The van der Waals surface area contributed by atoms with E-state index in [4.69, 9.17) is 0 Å². The van der Waals surface area contributed by atoms with Gasteiger partial charge in [-0.25, -0.2) is 8.42 Å². The SMILES string of the molecule is CONNc1ccc(S(C)(=O)=O)cc1.Cl. The number of sulfone groups is 1. The second-order valence-electron chi connectivity index (χ2n) is 2.73. The van der Waals surface area contributed by atoms with Crippen LogP contribution in [0.1, 0.15) is 0 Å². The zero-order chi connectivity index (χ0) is 10.6. The predicted molar refractivity (Wildman–Crippen MR) is 60.6 cm³/mol. The van der Waals surface area contributed by atoms with E-state index in [2.05, 4.69) is 15.9 Å². The van der Waals surface area contributed by atoms with Crippen LogP contribution in [-0.2, 0) is 14.7 Å². The quantitative estimate of drug-likeness (QED) is 0.783. The predicted octanol–water partition coefficient (Wildman–Crippen LogP) is 0.990. The van der Waals surface area contributed by atoms with Gasteiger partial charge >= 0.3 is 0 Å². The molecule has 0 aliphatic rings. The maximum Gasteiger partial charge on any atom is 0.175 e. The first kappa shape index (κ1) is 14.2. The van der Waals surface area contributed by atoms with Crippen LogP contribution in [0, 0.1) is 0 Å². The molecule has 86 valence electrons. The molecule has 2 N–H and O–H groups in total. The van der Waals surface area contributed by atoms with Crippen LogP contribution < -0.4 is 11.0 Å². The van der Waals surface area contributed by atoms with Crippen molar-refractivity contribution in [2.45, 2.75) is 4.90 Å². The van der Waals surface area contributed by atoms with E-state index in [9.17, 15) is 8.42 Å². The maximum atomic E-state index is 11.1. The zero-order valence-electron chi connectivity index (χ0n) is 8.35. The molecular formula is C8H13ClN2O3S. The van der Waals surface area contributed by atoms with E-state index >= 15 is 0 Å². The van der Waals surface area contributed by atoms with Gasteiger partial charge in [0.05, 0.1) is 17.7 Å². The van der Waals surface area contributed by atoms with Gasteiger partial charge < -0.3 is 0 Å². The van der Waals surface area contributed by atoms with Gasteiger partial charge in [0.2, 0.25) is 0 Å². The van der Waals surface area contributed by atoms with Gasteiger partial charge in [-0.15, -0.1) is 18.0 Å². The second-order valence-corrected chi connectivity index (χ2v) is 4.74. The summed E-state index contributed by atoms with van der Waals surface area (Å²) in [6.07, 6.45) is 1.17. The first-order valence-electron chi connectivity index (χ1n) is 3.88. The van der Waals surface area contributed by atoms with E-state index in [1.807, 2.05) is 0 Å². The van der Waals surface area contributed by atoms with E-state index in [1.165, 1.54) is 25.5 Å². The number of hydrazine groups is 1. The highest BCUT2D eigenvalue weighted by Crippen LogP contribution is 2.12. The molecule has 0 bridgehead atoms. The van der Waals surface area contributed by atoms with Crippen molar-refractivity contribution in [1.82, 2.24) is 5.59 Å². The summed E-state index contributed by atoms with van der Waals surface area (Å²) in [7, 11) is -1.65.